The number of hydrogen-bond donors (Lipinski definition) is 2. The normalized spacial score (nSPS) is 10.7. The molecule has 0 saturated heterocycles. The predicted molar refractivity (Wildman–Crippen MR) is 77.3 cm³/mol. The molecule has 0 spiro atoms. The SMILES string of the molecule is Cn1ncc(N)c1NC(=O)c1ccc2ccccc2n1. The maximum atomic E-state index is 12.2. The van der Waals surface area contributed by atoms with Crippen molar-refractivity contribution < 1.29 is 4.79 Å². The highest BCUT2D eigenvalue weighted by molar-refractivity contribution is 6.04. The average Bonchev–Trinajstić information content (AvgIpc) is 2.78. The van der Waals surface area contributed by atoms with Gasteiger partial charge in [0, 0.05) is 12.4 Å². The fourth-order valence-electron chi connectivity index (χ4n) is 1.97. The Morgan fingerprint density at radius 3 is 2.80 bits per heavy atom. The first-order chi connectivity index (χ1) is 9.65. The molecule has 0 bridgehead atoms. The second-order valence-electron chi connectivity index (χ2n) is 4.42. The summed E-state index contributed by atoms with van der Waals surface area (Å²) in [5, 5.41) is 7.67. The Hall–Kier alpha value is -2.89. The van der Waals surface area contributed by atoms with Crippen molar-refractivity contribution in [2.24, 2.45) is 7.05 Å². The van der Waals surface area contributed by atoms with E-state index in [9.17, 15) is 4.79 Å². The topological polar surface area (TPSA) is 85.8 Å². The monoisotopic (exact) mass is 267 g/mol. The maximum Gasteiger partial charge on any atom is 0.275 e. The number of nitrogens with zero attached hydrogens (tertiary/aromatic N) is 3. The Balaban J connectivity index is 1.93. The van der Waals surface area contributed by atoms with Gasteiger partial charge in [-0.2, -0.15) is 5.10 Å². The summed E-state index contributed by atoms with van der Waals surface area (Å²) >= 11 is 0. The van der Waals surface area contributed by atoms with Crippen molar-refractivity contribution in [3.05, 3.63) is 48.3 Å². The van der Waals surface area contributed by atoms with Crippen molar-refractivity contribution in [3.8, 4) is 0 Å². The minimum absolute atomic E-state index is 0.314. The van der Waals surface area contributed by atoms with Crippen LogP contribution in [0.1, 0.15) is 10.5 Å². The zero-order chi connectivity index (χ0) is 14.1. The Labute approximate surface area is 115 Å². The van der Waals surface area contributed by atoms with Crippen molar-refractivity contribution in [1.29, 1.82) is 0 Å². The van der Waals surface area contributed by atoms with Crippen molar-refractivity contribution in [2.75, 3.05) is 11.1 Å². The number of pyridine rings is 1. The molecular weight excluding hydrogens is 254 g/mol. The number of aromatic nitrogens is 3. The van der Waals surface area contributed by atoms with E-state index in [1.165, 1.54) is 10.9 Å². The number of benzene rings is 1. The summed E-state index contributed by atoms with van der Waals surface area (Å²) in [5.41, 5.74) is 7.27. The van der Waals surface area contributed by atoms with Crippen LogP contribution in [0.15, 0.2) is 42.6 Å². The van der Waals surface area contributed by atoms with Gasteiger partial charge in [0.05, 0.1) is 17.4 Å². The molecular formula is C14H13N5O. The molecule has 0 unspecified atom stereocenters. The van der Waals surface area contributed by atoms with Crippen molar-refractivity contribution in [1.82, 2.24) is 14.8 Å². The van der Waals surface area contributed by atoms with Crippen LogP contribution in [0, 0.1) is 0 Å². The molecule has 0 atom stereocenters. The molecule has 0 saturated carbocycles. The van der Waals surface area contributed by atoms with Gasteiger partial charge in [-0.05, 0) is 12.1 Å². The molecule has 0 aliphatic rings. The summed E-state index contributed by atoms with van der Waals surface area (Å²) in [4.78, 5) is 16.5. The van der Waals surface area contributed by atoms with E-state index in [-0.39, 0.29) is 5.91 Å². The highest BCUT2D eigenvalue weighted by atomic mass is 16.2. The molecule has 0 aliphatic carbocycles. The molecule has 3 aromatic rings. The van der Waals surface area contributed by atoms with E-state index in [0.717, 1.165) is 10.9 Å². The molecule has 0 aliphatic heterocycles. The summed E-state index contributed by atoms with van der Waals surface area (Å²) in [6.07, 6.45) is 1.49. The molecule has 3 N–H and O–H groups in total. The molecule has 3 rings (SSSR count). The number of amides is 1. The molecule has 1 amide bonds. The largest absolute Gasteiger partial charge is 0.394 e. The van der Waals surface area contributed by atoms with E-state index in [4.69, 9.17) is 5.73 Å². The zero-order valence-electron chi connectivity index (χ0n) is 10.9. The van der Waals surface area contributed by atoms with Crippen LogP contribution in [0.3, 0.4) is 0 Å². The van der Waals surface area contributed by atoms with Gasteiger partial charge in [0.25, 0.3) is 5.91 Å². The van der Waals surface area contributed by atoms with Crippen LogP contribution in [0.25, 0.3) is 10.9 Å². The third-order valence-corrected chi connectivity index (χ3v) is 3.03. The Morgan fingerprint density at radius 2 is 2.05 bits per heavy atom. The van der Waals surface area contributed by atoms with Gasteiger partial charge in [-0.3, -0.25) is 9.48 Å². The van der Waals surface area contributed by atoms with Gasteiger partial charge in [-0.15, -0.1) is 0 Å². The summed E-state index contributed by atoms with van der Waals surface area (Å²) in [6.45, 7) is 0. The first kappa shape index (κ1) is 12.2. The number of fused-ring (bicyclic) bond motifs is 1. The molecule has 2 heterocycles. The van der Waals surface area contributed by atoms with Crippen molar-refractivity contribution in [3.63, 3.8) is 0 Å². The molecule has 0 radical (unpaired) electrons. The van der Waals surface area contributed by atoms with Gasteiger partial charge in [0.2, 0.25) is 0 Å². The predicted octanol–water partition coefficient (Wildman–Crippen LogP) is 1.80. The lowest BCUT2D eigenvalue weighted by Gasteiger charge is -2.06. The van der Waals surface area contributed by atoms with E-state index in [0.29, 0.717) is 17.2 Å². The first-order valence-electron chi connectivity index (χ1n) is 6.10. The number of nitrogen functional groups attached to an aromatic ring is 1. The van der Waals surface area contributed by atoms with Crippen LogP contribution in [0.5, 0.6) is 0 Å². The average molecular weight is 267 g/mol. The molecule has 1 aromatic carbocycles. The Bertz CT molecular complexity index is 774. The number of para-hydroxylation sites is 1. The van der Waals surface area contributed by atoms with Gasteiger partial charge >= 0.3 is 0 Å². The quantitative estimate of drug-likeness (QED) is 0.741. The van der Waals surface area contributed by atoms with Gasteiger partial charge in [0.1, 0.15) is 5.69 Å². The second kappa shape index (κ2) is 4.65. The Kier molecular flexibility index (Phi) is 2.83. The molecule has 0 fully saturated rings. The van der Waals surface area contributed by atoms with Gasteiger partial charge in [0.15, 0.2) is 5.82 Å². The lowest BCUT2D eigenvalue weighted by Crippen LogP contribution is -2.16. The summed E-state index contributed by atoms with van der Waals surface area (Å²) in [7, 11) is 1.71. The molecule has 6 nitrogen and oxygen atoms in total. The van der Waals surface area contributed by atoms with E-state index >= 15 is 0 Å². The number of nitrogens with two attached hydrogens (primary N) is 1. The molecule has 6 heteroatoms. The molecule has 100 valence electrons. The highest BCUT2D eigenvalue weighted by Gasteiger charge is 2.13. The maximum absolute atomic E-state index is 12.2. The summed E-state index contributed by atoms with van der Waals surface area (Å²) < 4.78 is 1.51. The number of rotatable bonds is 2. The fraction of sp³-hybridized carbons (Fsp3) is 0.0714. The highest BCUT2D eigenvalue weighted by Crippen LogP contribution is 2.17. The van der Waals surface area contributed by atoms with E-state index in [1.54, 1.807) is 13.1 Å². The van der Waals surface area contributed by atoms with Gasteiger partial charge in [-0.25, -0.2) is 4.98 Å². The van der Waals surface area contributed by atoms with Crippen molar-refractivity contribution >= 4 is 28.3 Å². The van der Waals surface area contributed by atoms with E-state index in [2.05, 4.69) is 15.4 Å². The van der Waals surface area contributed by atoms with E-state index < -0.39 is 0 Å². The molecule has 20 heavy (non-hydrogen) atoms. The summed E-state index contributed by atoms with van der Waals surface area (Å²) in [6, 6.07) is 11.2. The van der Waals surface area contributed by atoms with Crippen LogP contribution in [-0.2, 0) is 7.05 Å². The van der Waals surface area contributed by atoms with Crippen LogP contribution >= 0.6 is 0 Å². The molecule has 2 aromatic heterocycles. The second-order valence-corrected chi connectivity index (χ2v) is 4.42. The van der Waals surface area contributed by atoms with Gasteiger partial charge in [-0.1, -0.05) is 24.3 Å². The first-order valence-corrected chi connectivity index (χ1v) is 6.10. The lowest BCUT2D eigenvalue weighted by molar-refractivity contribution is 0.102. The minimum Gasteiger partial charge on any atom is -0.394 e. The minimum atomic E-state index is -0.314. The van der Waals surface area contributed by atoms with Crippen molar-refractivity contribution in [2.45, 2.75) is 0 Å². The third kappa shape index (κ3) is 2.07. The number of carbonyl (C=O) groups excluding carboxylic acids is 1. The number of hydrogen-bond acceptors (Lipinski definition) is 4. The summed E-state index contributed by atoms with van der Waals surface area (Å²) in [5.74, 6) is 0.149. The zero-order valence-corrected chi connectivity index (χ0v) is 10.9. The number of nitrogens with one attached hydrogen (secondary N) is 1. The van der Waals surface area contributed by atoms with Crippen LogP contribution < -0.4 is 11.1 Å². The van der Waals surface area contributed by atoms with Crippen LogP contribution in [-0.4, -0.2) is 20.7 Å². The van der Waals surface area contributed by atoms with Gasteiger partial charge < -0.3 is 11.1 Å². The third-order valence-electron chi connectivity index (χ3n) is 3.03. The van der Waals surface area contributed by atoms with E-state index in [1.807, 2.05) is 30.3 Å². The fourth-order valence-corrected chi connectivity index (χ4v) is 1.97. The number of anilines is 2. The number of carbonyl (C=O) groups is 1. The lowest BCUT2D eigenvalue weighted by atomic mass is 10.2. The number of aryl methyl sites for hydroxylation is 1. The smallest absolute Gasteiger partial charge is 0.275 e. The van der Waals surface area contributed by atoms with Crippen LogP contribution in [0.2, 0.25) is 0 Å². The Morgan fingerprint density at radius 1 is 1.25 bits per heavy atom. The standard InChI is InChI=1S/C14H13N5O/c1-19-13(10(15)8-16-19)18-14(20)12-7-6-9-4-2-3-5-11(9)17-12/h2-8H,15H2,1H3,(H,18,20). The van der Waals surface area contributed by atoms with Crippen LogP contribution in [0.4, 0.5) is 11.5 Å².